The van der Waals surface area contributed by atoms with Crippen LogP contribution in [0.15, 0.2) is 53.4 Å². The van der Waals surface area contributed by atoms with Crippen LogP contribution in [0, 0.1) is 6.92 Å². The molecule has 0 radical (unpaired) electrons. The van der Waals surface area contributed by atoms with E-state index < -0.39 is 16.0 Å². The first-order valence-corrected chi connectivity index (χ1v) is 9.84. The number of hydrogen-bond acceptors (Lipinski definition) is 5. The Labute approximate surface area is 158 Å². The second kappa shape index (κ2) is 9.56. The summed E-state index contributed by atoms with van der Waals surface area (Å²) in [5, 5.41) is 0.476. The highest BCUT2D eigenvalue weighted by Crippen LogP contribution is 2.22. The third-order valence-electron chi connectivity index (χ3n) is 3.39. The summed E-state index contributed by atoms with van der Waals surface area (Å²) >= 11 is 5.94. The van der Waals surface area contributed by atoms with Crippen LogP contribution in [0.5, 0.6) is 5.75 Å². The normalized spacial score (nSPS) is 11.2. The van der Waals surface area contributed by atoms with Gasteiger partial charge in [-0.15, -0.1) is 0 Å². The van der Waals surface area contributed by atoms with Crippen molar-refractivity contribution in [2.24, 2.45) is 0 Å². The molecule has 0 unspecified atom stereocenters. The molecule has 0 atom stereocenters. The molecule has 0 heterocycles. The molecule has 26 heavy (non-hydrogen) atoms. The average Bonchev–Trinajstić information content (AvgIpc) is 2.60. The highest BCUT2D eigenvalue weighted by atomic mass is 35.5. The molecule has 140 valence electrons. The van der Waals surface area contributed by atoms with Gasteiger partial charge in [-0.1, -0.05) is 41.4 Å². The molecule has 0 aromatic heterocycles. The zero-order chi connectivity index (χ0) is 19.0. The fraction of sp³-hybridized carbons (Fsp3) is 0.278. The summed E-state index contributed by atoms with van der Waals surface area (Å²) in [6.07, 6.45) is -0.0722. The molecule has 0 saturated carbocycles. The van der Waals surface area contributed by atoms with Crippen molar-refractivity contribution in [1.29, 1.82) is 0 Å². The van der Waals surface area contributed by atoms with Crippen LogP contribution in [0.1, 0.15) is 12.0 Å². The Bertz CT molecular complexity index is 837. The van der Waals surface area contributed by atoms with Crippen molar-refractivity contribution in [3.05, 3.63) is 59.1 Å². The number of hydrogen-bond donors (Lipinski definition) is 1. The number of nitrogens with one attached hydrogen (secondary N) is 1. The lowest BCUT2D eigenvalue weighted by molar-refractivity contribution is -0.144. The second-order valence-corrected chi connectivity index (χ2v) is 7.63. The van der Waals surface area contributed by atoms with Gasteiger partial charge in [-0.2, -0.15) is 0 Å². The Morgan fingerprint density at radius 3 is 2.46 bits per heavy atom. The van der Waals surface area contributed by atoms with Crippen LogP contribution >= 0.6 is 11.6 Å². The first kappa shape index (κ1) is 20.2. The van der Waals surface area contributed by atoms with E-state index >= 15 is 0 Å². The molecular weight excluding hydrogens is 378 g/mol. The summed E-state index contributed by atoms with van der Waals surface area (Å²) in [5.74, 6) is -0.00422. The molecule has 6 nitrogen and oxygen atoms in total. The fourth-order valence-corrected chi connectivity index (χ4v) is 3.25. The molecule has 0 aliphatic rings. The van der Waals surface area contributed by atoms with Gasteiger partial charge in [0.1, 0.15) is 19.0 Å². The Hall–Kier alpha value is -2.09. The summed E-state index contributed by atoms with van der Waals surface area (Å²) < 4.78 is 36.9. The molecule has 0 spiro atoms. The van der Waals surface area contributed by atoms with Crippen molar-refractivity contribution < 1.29 is 22.7 Å². The molecule has 1 N–H and O–H groups in total. The predicted octanol–water partition coefficient (Wildman–Crippen LogP) is 2.94. The Balaban J connectivity index is 1.67. The molecule has 2 rings (SSSR count). The first-order valence-electron chi connectivity index (χ1n) is 7.98. The average molecular weight is 398 g/mol. The topological polar surface area (TPSA) is 81.7 Å². The van der Waals surface area contributed by atoms with Gasteiger partial charge >= 0.3 is 5.97 Å². The number of aryl methyl sites for hydroxylation is 1. The standard InChI is InChI=1S/C18H20ClNO5S/c1-14-6-8-15(9-7-14)26(22,23)20-11-10-18(21)25-13-12-24-17-5-3-2-4-16(17)19/h2-9,20H,10-13H2,1H3. The van der Waals surface area contributed by atoms with Crippen LogP contribution in [0.3, 0.4) is 0 Å². The van der Waals surface area contributed by atoms with Crippen molar-refractivity contribution in [3.8, 4) is 5.75 Å². The molecule has 8 heteroatoms. The molecule has 2 aromatic carbocycles. The maximum Gasteiger partial charge on any atom is 0.307 e. The number of sulfonamides is 1. The molecule has 0 bridgehead atoms. The number of halogens is 1. The van der Waals surface area contributed by atoms with Crippen LogP contribution in [0.4, 0.5) is 0 Å². The maximum absolute atomic E-state index is 12.1. The molecule has 0 aliphatic heterocycles. The van der Waals surface area contributed by atoms with Gasteiger partial charge in [0, 0.05) is 6.54 Å². The lowest BCUT2D eigenvalue weighted by Gasteiger charge is -2.09. The van der Waals surface area contributed by atoms with E-state index in [0.29, 0.717) is 10.8 Å². The van der Waals surface area contributed by atoms with E-state index in [1.54, 1.807) is 36.4 Å². The van der Waals surface area contributed by atoms with E-state index in [0.717, 1.165) is 5.56 Å². The van der Waals surface area contributed by atoms with Crippen molar-refractivity contribution in [1.82, 2.24) is 4.72 Å². The SMILES string of the molecule is Cc1ccc(S(=O)(=O)NCCC(=O)OCCOc2ccccc2Cl)cc1. The van der Waals surface area contributed by atoms with E-state index in [9.17, 15) is 13.2 Å². The van der Waals surface area contributed by atoms with E-state index in [1.165, 1.54) is 12.1 Å². The molecule has 2 aromatic rings. The van der Waals surface area contributed by atoms with Gasteiger partial charge in [0.2, 0.25) is 10.0 Å². The molecule has 0 fully saturated rings. The van der Waals surface area contributed by atoms with Crippen LogP contribution in [-0.2, 0) is 19.6 Å². The summed E-state index contributed by atoms with van der Waals surface area (Å²) in [7, 11) is -3.64. The summed E-state index contributed by atoms with van der Waals surface area (Å²) in [6.45, 7) is 2.04. The minimum absolute atomic E-state index is 0.0413. The number of para-hydroxylation sites is 1. The quantitative estimate of drug-likeness (QED) is 0.519. The van der Waals surface area contributed by atoms with E-state index in [4.69, 9.17) is 21.1 Å². The smallest absolute Gasteiger partial charge is 0.307 e. The second-order valence-electron chi connectivity index (χ2n) is 5.46. The first-order chi connectivity index (χ1) is 12.4. The fourth-order valence-electron chi connectivity index (χ4n) is 2.03. The minimum atomic E-state index is -3.64. The van der Waals surface area contributed by atoms with Gasteiger partial charge < -0.3 is 9.47 Å². The lowest BCUT2D eigenvalue weighted by atomic mass is 10.2. The highest BCUT2D eigenvalue weighted by molar-refractivity contribution is 7.89. The molecule has 0 aliphatic carbocycles. The molecular formula is C18H20ClNO5S. The van der Waals surface area contributed by atoms with Gasteiger partial charge in [-0.05, 0) is 31.2 Å². The largest absolute Gasteiger partial charge is 0.488 e. The van der Waals surface area contributed by atoms with Crippen molar-refractivity contribution in [2.75, 3.05) is 19.8 Å². The Morgan fingerprint density at radius 2 is 1.77 bits per heavy atom. The number of rotatable bonds is 9. The van der Waals surface area contributed by atoms with Crippen LogP contribution in [0.2, 0.25) is 5.02 Å². The van der Waals surface area contributed by atoms with E-state index in [1.807, 2.05) is 6.92 Å². The van der Waals surface area contributed by atoms with Crippen molar-refractivity contribution in [3.63, 3.8) is 0 Å². The summed E-state index contributed by atoms with van der Waals surface area (Å²) in [4.78, 5) is 11.8. The summed E-state index contributed by atoms with van der Waals surface area (Å²) in [6, 6.07) is 13.4. The number of esters is 1. The van der Waals surface area contributed by atoms with Gasteiger partial charge in [0.25, 0.3) is 0 Å². The third kappa shape index (κ3) is 6.33. The lowest BCUT2D eigenvalue weighted by Crippen LogP contribution is -2.27. The van der Waals surface area contributed by atoms with Gasteiger partial charge in [-0.25, -0.2) is 13.1 Å². The van der Waals surface area contributed by atoms with Gasteiger partial charge in [0.05, 0.1) is 16.3 Å². The van der Waals surface area contributed by atoms with Crippen LogP contribution in [-0.4, -0.2) is 34.1 Å². The highest BCUT2D eigenvalue weighted by Gasteiger charge is 2.14. The number of carbonyl (C=O) groups is 1. The molecule has 0 amide bonds. The monoisotopic (exact) mass is 397 g/mol. The number of benzene rings is 2. The zero-order valence-corrected chi connectivity index (χ0v) is 15.8. The third-order valence-corrected chi connectivity index (χ3v) is 5.18. The van der Waals surface area contributed by atoms with Gasteiger partial charge in [0.15, 0.2) is 0 Å². The zero-order valence-electron chi connectivity index (χ0n) is 14.3. The Kier molecular flexibility index (Phi) is 7.44. The number of ether oxygens (including phenoxy) is 2. The number of carbonyl (C=O) groups excluding carboxylic acids is 1. The van der Waals surface area contributed by atoms with Crippen molar-refractivity contribution >= 4 is 27.6 Å². The van der Waals surface area contributed by atoms with Gasteiger partial charge in [-0.3, -0.25) is 4.79 Å². The van der Waals surface area contributed by atoms with Crippen LogP contribution < -0.4 is 9.46 Å². The van der Waals surface area contributed by atoms with E-state index in [-0.39, 0.29) is 31.1 Å². The van der Waals surface area contributed by atoms with E-state index in [2.05, 4.69) is 4.72 Å². The Morgan fingerprint density at radius 1 is 1.08 bits per heavy atom. The van der Waals surface area contributed by atoms with Crippen molar-refractivity contribution in [2.45, 2.75) is 18.2 Å². The molecule has 0 saturated heterocycles. The van der Waals surface area contributed by atoms with Crippen LogP contribution in [0.25, 0.3) is 0 Å². The predicted molar refractivity (Wildman–Crippen MR) is 98.9 cm³/mol. The maximum atomic E-state index is 12.1. The summed E-state index contributed by atoms with van der Waals surface area (Å²) in [5.41, 5.74) is 0.964. The minimum Gasteiger partial charge on any atom is -0.488 e.